The molecule has 1 aromatic rings. The molecule has 0 aliphatic carbocycles. The summed E-state index contributed by atoms with van der Waals surface area (Å²) in [6, 6.07) is 9.21. The molecule has 1 amide bonds. The van der Waals surface area contributed by atoms with Gasteiger partial charge in [-0.15, -0.1) is 0 Å². The van der Waals surface area contributed by atoms with Crippen molar-refractivity contribution in [3.05, 3.63) is 30.3 Å². The number of benzene rings is 1. The van der Waals surface area contributed by atoms with Crippen molar-refractivity contribution < 1.29 is 4.79 Å². The van der Waals surface area contributed by atoms with Crippen LogP contribution in [0.1, 0.15) is 13.8 Å². The largest absolute Gasteiger partial charge is 0.392 e. The third-order valence-electron chi connectivity index (χ3n) is 2.22. The van der Waals surface area contributed by atoms with Gasteiger partial charge in [-0.25, -0.2) is 0 Å². The number of amides is 1. The third kappa shape index (κ3) is 2.76. The molecule has 0 saturated heterocycles. The van der Waals surface area contributed by atoms with Crippen LogP contribution in [0.25, 0.3) is 0 Å². The molecule has 0 aliphatic rings. The molecule has 0 unspecified atom stereocenters. The van der Waals surface area contributed by atoms with E-state index in [1.54, 1.807) is 13.8 Å². The molecule has 3 N–H and O–H groups in total. The summed E-state index contributed by atoms with van der Waals surface area (Å²) in [5, 5.41) is 2.76. The number of hydrogen-bond donors (Lipinski definition) is 2. The summed E-state index contributed by atoms with van der Waals surface area (Å²) in [7, 11) is 0. The van der Waals surface area contributed by atoms with E-state index in [1.807, 2.05) is 30.3 Å². The molecule has 0 fully saturated rings. The molecule has 0 atom stereocenters. The summed E-state index contributed by atoms with van der Waals surface area (Å²) in [5.41, 5.74) is 5.41. The Bertz CT molecular complexity index is 373. The summed E-state index contributed by atoms with van der Waals surface area (Å²) < 4.78 is 0. The molecule has 0 radical (unpaired) electrons. The number of thiocarbonyl (C=S) groups is 1. The summed E-state index contributed by atoms with van der Waals surface area (Å²) in [4.78, 5) is 12.0. The monoisotopic (exact) mass is 222 g/mol. The van der Waals surface area contributed by atoms with Crippen LogP contribution in [0, 0.1) is 5.41 Å². The van der Waals surface area contributed by atoms with Crippen LogP contribution < -0.4 is 11.1 Å². The van der Waals surface area contributed by atoms with Gasteiger partial charge in [0.05, 0.1) is 10.4 Å². The summed E-state index contributed by atoms with van der Waals surface area (Å²) in [6.07, 6.45) is 0. The number of para-hydroxylation sites is 1. The smallest absolute Gasteiger partial charge is 0.236 e. The molecule has 1 rings (SSSR count). The molecule has 15 heavy (non-hydrogen) atoms. The second-order valence-corrected chi connectivity index (χ2v) is 4.25. The lowest BCUT2D eigenvalue weighted by Gasteiger charge is -2.21. The molecule has 3 nitrogen and oxygen atoms in total. The Morgan fingerprint density at radius 2 is 1.87 bits per heavy atom. The predicted octanol–water partition coefficient (Wildman–Crippen LogP) is 1.94. The van der Waals surface area contributed by atoms with Gasteiger partial charge in [-0.3, -0.25) is 4.79 Å². The van der Waals surface area contributed by atoms with Gasteiger partial charge in [0, 0.05) is 5.69 Å². The zero-order valence-corrected chi connectivity index (χ0v) is 9.60. The highest BCUT2D eigenvalue weighted by Crippen LogP contribution is 2.18. The zero-order valence-electron chi connectivity index (χ0n) is 8.78. The van der Waals surface area contributed by atoms with Crippen molar-refractivity contribution in [2.24, 2.45) is 11.1 Å². The first-order chi connectivity index (χ1) is 6.94. The molecule has 0 heterocycles. The normalized spacial score (nSPS) is 10.8. The maximum absolute atomic E-state index is 11.8. The fourth-order valence-corrected chi connectivity index (χ4v) is 1.01. The number of nitrogens with one attached hydrogen (secondary N) is 1. The van der Waals surface area contributed by atoms with Crippen LogP contribution in [0.3, 0.4) is 0 Å². The van der Waals surface area contributed by atoms with Crippen LogP contribution in [0.15, 0.2) is 30.3 Å². The van der Waals surface area contributed by atoms with E-state index in [1.165, 1.54) is 0 Å². The number of rotatable bonds is 3. The van der Waals surface area contributed by atoms with Gasteiger partial charge in [-0.1, -0.05) is 30.4 Å². The van der Waals surface area contributed by atoms with Crippen molar-refractivity contribution >= 4 is 28.8 Å². The van der Waals surface area contributed by atoms with Gasteiger partial charge < -0.3 is 11.1 Å². The van der Waals surface area contributed by atoms with E-state index in [9.17, 15) is 4.79 Å². The Balaban J connectivity index is 2.77. The fourth-order valence-electron chi connectivity index (χ4n) is 0.921. The summed E-state index contributed by atoms with van der Waals surface area (Å²) in [6.45, 7) is 3.40. The topological polar surface area (TPSA) is 55.1 Å². The van der Waals surface area contributed by atoms with E-state index in [-0.39, 0.29) is 10.9 Å². The fraction of sp³-hybridized carbons (Fsp3) is 0.273. The van der Waals surface area contributed by atoms with E-state index in [2.05, 4.69) is 5.32 Å². The number of hydrogen-bond acceptors (Lipinski definition) is 2. The lowest BCUT2D eigenvalue weighted by atomic mass is 9.92. The first kappa shape index (κ1) is 11.7. The summed E-state index contributed by atoms with van der Waals surface area (Å²) >= 11 is 4.84. The SMILES string of the molecule is CC(C)(C(=O)Nc1ccccc1)C(N)=S. The average Bonchev–Trinajstić information content (AvgIpc) is 2.18. The molecule has 1 aromatic carbocycles. The molecule has 0 aromatic heterocycles. The van der Waals surface area contributed by atoms with Crippen molar-refractivity contribution in [2.45, 2.75) is 13.8 Å². The Morgan fingerprint density at radius 3 is 2.33 bits per heavy atom. The van der Waals surface area contributed by atoms with Crippen molar-refractivity contribution in [2.75, 3.05) is 5.32 Å². The minimum atomic E-state index is -0.828. The van der Waals surface area contributed by atoms with E-state index in [0.29, 0.717) is 0 Å². The van der Waals surface area contributed by atoms with E-state index < -0.39 is 5.41 Å². The lowest BCUT2D eigenvalue weighted by Crippen LogP contribution is -2.41. The van der Waals surface area contributed by atoms with Crippen molar-refractivity contribution in [1.29, 1.82) is 0 Å². The predicted molar refractivity (Wildman–Crippen MR) is 65.6 cm³/mol. The molecule has 0 aliphatic heterocycles. The molecule has 80 valence electrons. The molecular weight excluding hydrogens is 208 g/mol. The van der Waals surface area contributed by atoms with E-state index in [4.69, 9.17) is 18.0 Å². The van der Waals surface area contributed by atoms with Gasteiger partial charge in [0.15, 0.2) is 0 Å². The summed E-state index contributed by atoms with van der Waals surface area (Å²) in [5.74, 6) is -0.193. The van der Waals surface area contributed by atoms with E-state index >= 15 is 0 Å². The van der Waals surface area contributed by atoms with Crippen LogP contribution in [0.2, 0.25) is 0 Å². The average molecular weight is 222 g/mol. The highest BCUT2D eigenvalue weighted by atomic mass is 32.1. The standard InChI is InChI=1S/C11H14N2OS/c1-11(2,9(12)15)10(14)13-8-6-4-3-5-7-8/h3-7H,1-2H3,(H2,12,15)(H,13,14). The number of carbonyl (C=O) groups excluding carboxylic acids is 1. The molecule has 4 heteroatoms. The van der Waals surface area contributed by atoms with Crippen molar-refractivity contribution in [3.63, 3.8) is 0 Å². The minimum Gasteiger partial charge on any atom is -0.392 e. The number of nitrogens with two attached hydrogens (primary N) is 1. The maximum Gasteiger partial charge on any atom is 0.236 e. The van der Waals surface area contributed by atoms with E-state index in [0.717, 1.165) is 5.69 Å². The van der Waals surface area contributed by atoms with Gasteiger partial charge in [0.1, 0.15) is 0 Å². The molecule has 0 spiro atoms. The number of carbonyl (C=O) groups is 1. The Kier molecular flexibility index (Phi) is 3.42. The highest BCUT2D eigenvalue weighted by Gasteiger charge is 2.30. The van der Waals surface area contributed by atoms with Crippen LogP contribution in [-0.2, 0) is 4.79 Å². The zero-order chi connectivity index (χ0) is 11.5. The van der Waals surface area contributed by atoms with Gasteiger partial charge in [-0.2, -0.15) is 0 Å². The first-order valence-corrected chi connectivity index (χ1v) is 5.02. The van der Waals surface area contributed by atoms with Crippen LogP contribution in [0.5, 0.6) is 0 Å². The molecular formula is C11H14N2OS. The third-order valence-corrected chi connectivity index (χ3v) is 2.73. The van der Waals surface area contributed by atoms with Gasteiger partial charge in [0.2, 0.25) is 5.91 Å². The van der Waals surface area contributed by atoms with Crippen molar-refractivity contribution in [3.8, 4) is 0 Å². The highest BCUT2D eigenvalue weighted by molar-refractivity contribution is 7.80. The Labute approximate surface area is 94.7 Å². The van der Waals surface area contributed by atoms with Gasteiger partial charge >= 0.3 is 0 Å². The Morgan fingerprint density at radius 1 is 1.33 bits per heavy atom. The maximum atomic E-state index is 11.8. The molecule has 0 bridgehead atoms. The lowest BCUT2D eigenvalue weighted by molar-refractivity contribution is -0.121. The van der Waals surface area contributed by atoms with Crippen molar-refractivity contribution in [1.82, 2.24) is 0 Å². The van der Waals surface area contributed by atoms with Crippen LogP contribution in [-0.4, -0.2) is 10.9 Å². The second-order valence-electron chi connectivity index (χ2n) is 3.81. The Hall–Kier alpha value is -1.42. The minimum absolute atomic E-state index is 0.191. The van der Waals surface area contributed by atoms with Gasteiger partial charge in [-0.05, 0) is 26.0 Å². The number of anilines is 1. The quantitative estimate of drug-likeness (QED) is 0.768. The first-order valence-electron chi connectivity index (χ1n) is 4.61. The van der Waals surface area contributed by atoms with Crippen LogP contribution in [0.4, 0.5) is 5.69 Å². The molecule has 0 saturated carbocycles. The van der Waals surface area contributed by atoms with Crippen LogP contribution >= 0.6 is 12.2 Å². The second kappa shape index (κ2) is 4.40. The van der Waals surface area contributed by atoms with Gasteiger partial charge in [0.25, 0.3) is 0 Å².